The quantitative estimate of drug-likeness (QED) is 0.469. The molecule has 1 fully saturated rings. The Kier molecular flexibility index (Phi) is 3.27. The van der Waals surface area contributed by atoms with Gasteiger partial charge in [0, 0.05) is 17.5 Å². The molecule has 0 aliphatic carbocycles. The van der Waals surface area contributed by atoms with Crippen LogP contribution in [0.3, 0.4) is 0 Å². The molecule has 0 N–H and O–H groups in total. The molecule has 0 spiro atoms. The third kappa shape index (κ3) is 2.61. The lowest BCUT2D eigenvalue weighted by Gasteiger charge is -2.33. The Labute approximate surface area is 105 Å². The number of nitro benzene ring substituents is 1. The molecule has 0 unspecified atom stereocenters. The molecule has 1 aromatic rings. The van der Waals surface area contributed by atoms with Gasteiger partial charge in [0.25, 0.3) is 5.69 Å². The summed E-state index contributed by atoms with van der Waals surface area (Å²) in [7, 11) is -3.32. The lowest BCUT2D eigenvalue weighted by molar-refractivity contribution is -0.384. The second-order valence-corrected chi connectivity index (χ2v) is 7.01. The van der Waals surface area contributed by atoms with Gasteiger partial charge in [0.1, 0.15) is 0 Å². The lowest BCUT2D eigenvalue weighted by Crippen LogP contribution is -2.31. The Bertz CT molecular complexity index is 497. The fourth-order valence-electron chi connectivity index (χ4n) is 1.50. The van der Waals surface area contributed by atoms with E-state index in [1.165, 1.54) is 24.3 Å². The van der Waals surface area contributed by atoms with Gasteiger partial charge in [-0.1, -0.05) is 13.8 Å². The molecule has 1 aliphatic heterocycles. The van der Waals surface area contributed by atoms with E-state index < -0.39 is 12.5 Å². The van der Waals surface area contributed by atoms with Gasteiger partial charge < -0.3 is 9.05 Å². The molecule has 1 heterocycles. The highest BCUT2D eigenvalue weighted by Gasteiger charge is 2.38. The van der Waals surface area contributed by atoms with E-state index in [1.807, 2.05) is 13.8 Å². The van der Waals surface area contributed by atoms with E-state index in [1.54, 1.807) is 0 Å². The summed E-state index contributed by atoms with van der Waals surface area (Å²) in [5, 5.41) is 10.9. The van der Waals surface area contributed by atoms with E-state index in [-0.39, 0.29) is 11.1 Å². The maximum atomic E-state index is 12.4. The van der Waals surface area contributed by atoms with Gasteiger partial charge in [-0.15, -0.1) is 0 Å². The Morgan fingerprint density at radius 3 is 2.17 bits per heavy atom. The Balaban J connectivity index is 2.21. The van der Waals surface area contributed by atoms with E-state index in [0.717, 1.165) is 0 Å². The minimum absolute atomic E-state index is 0.0531. The molecular formula is C11H14NO5P. The monoisotopic (exact) mass is 271 g/mol. The van der Waals surface area contributed by atoms with E-state index in [9.17, 15) is 14.7 Å². The fourth-order valence-corrected chi connectivity index (χ4v) is 3.43. The molecule has 98 valence electrons. The zero-order chi connectivity index (χ0) is 13.4. The summed E-state index contributed by atoms with van der Waals surface area (Å²) in [5.74, 6) is 0. The van der Waals surface area contributed by atoms with Gasteiger partial charge in [-0.05, 0) is 12.1 Å². The van der Waals surface area contributed by atoms with Crippen LogP contribution in [0.15, 0.2) is 24.3 Å². The first-order chi connectivity index (χ1) is 8.32. The zero-order valence-electron chi connectivity index (χ0n) is 10.2. The summed E-state index contributed by atoms with van der Waals surface area (Å²) in [6.45, 7) is 4.57. The number of rotatable bonds is 2. The van der Waals surface area contributed by atoms with Crippen molar-refractivity contribution >= 4 is 18.6 Å². The second kappa shape index (κ2) is 4.46. The van der Waals surface area contributed by atoms with Crippen molar-refractivity contribution in [1.82, 2.24) is 0 Å². The standard InChI is InChI=1S/C11H14NO5P/c1-11(2)7-16-18(15,17-8-11)10-5-3-9(4-6-10)12(13)14/h3-6H,7-8H2,1-2H3. The van der Waals surface area contributed by atoms with Crippen molar-refractivity contribution < 1.29 is 18.5 Å². The van der Waals surface area contributed by atoms with Crippen LogP contribution in [-0.4, -0.2) is 18.1 Å². The minimum Gasteiger partial charge on any atom is -0.305 e. The first kappa shape index (κ1) is 13.2. The lowest BCUT2D eigenvalue weighted by atomic mass is 9.97. The average Bonchev–Trinajstić information content (AvgIpc) is 2.34. The van der Waals surface area contributed by atoms with Crippen LogP contribution in [0.5, 0.6) is 0 Å². The van der Waals surface area contributed by atoms with Gasteiger partial charge in [0.15, 0.2) is 0 Å². The van der Waals surface area contributed by atoms with Crippen LogP contribution < -0.4 is 5.30 Å². The van der Waals surface area contributed by atoms with E-state index in [0.29, 0.717) is 18.5 Å². The van der Waals surface area contributed by atoms with E-state index in [4.69, 9.17) is 9.05 Å². The summed E-state index contributed by atoms with van der Waals surface area (Å²) in [5.41, 5.74) is -0.225. The number of hydrogen-bond acceptors (Lipinski definition) is 5. The highest BCUT2D eigenvalue weighted by molar-refractivity contribution is 7.62. The maximum Gasteiger partial charge on any atom is 0.361 e. The van der Waals surface area contributed by atoms with Crippen molar-refractivity contribution in [2.75, 3.05) is 13.2 Å². The zero-order valence-corrected chi connectivity index (χ0v) is 11.1. The highest BCUT2D eigenvalue weighted by atomic mass is 31.2. The normalized spacial score (nSPS) is 21.4. The van der Waals surface area contributed by atoms with Gasteiger partial charge >= 0.3 is 7.60 Å². The molecule has 6 nitrogen and oxygen atoms in total. The molecule has 2 rings (SSSR count). The van der Waals surface area contributed by atoms with Crippen LogP contribution >= 0.6 is 7.60 Å². The number of hydrogen-bond donors (Lipinski definition) is 0. The predicted octanol–water partition coefficient (Wildman–Crippen LogP) is 2.49. The van der Waals surface area contributed by atoms with Gasteiger partial charge in [-0.25, -0.2) is 0 Å². The molecule has 7 heteroatoms. The maximum absolute atomic E-state index is 12.4. The molecule has 0 bridgehead atoms. The van der Waals surface area contributed by atoms with Crippen molar-refractivity contribution in [2.24, 2.45) is 5.41 Å². The molecular weight excluding hydrogens is 257 g/mol. The average molecular weight is 271 g/mol. The third-order valence-electron chi connectivity index (χ3n) is 2.63. The molecule has 0 atom stereocenters. The minimum atomic E-state index is -3.32. The van der Waals surface area contributed by atoms with Crippen molar-refractivity contribution in [3.8, 4) is 0 Å². The molecule has 0 aromatic heterocycles. The van der Waals surface area contributed by atoms with E-state index >= 15 is 0 Å². The fraction of sp³-hybridized carbons (Fsp3) is 0.455. The third-order valence-corrected chi connectivity index (χ3v) is 4.50. The number of nitro groups is 1. The van der Waals surface area contributed by atoms with Crippen LogP contribution in [0, 0.1) is 15.5 Å². The molecule has 18 heavy (non-hydrogen) atoms. The molecule has 0 saturated carbocycles. The molecule has 1 aliphatic rings. The van der Waals surface area contributed by atoms with Gasteiger partial charge in [0.05, 0.1) is 23.4 Å². The summed E-state index contributed by atoms with van der Waals surface area (Å²) in [4.78, 5) is 10.0. The smallest absolute Gasteiger partial charge is 0.305 e. The van der Waals surface area contributed by atoms with Gasteiger partial charge in [-0.3, -0.25) is 14.7 Å². The molecule has 0 amide bonds. The Morgan fingerprint density at radius 1 is 1.22 bits per heavy atom. The largest absolute Gasteiger partial charge is 0.361 e. The number of nitrogens with zero attached hydrogens (tertiary/aromatic N) is 1. The Hall–Kier alpha value is -1.23. The van der Waals surface area contributed by atoms with Crippen molar-refractivity contribution in [3.05, 3.63) is 34.4 Å². The topological polar surface area (TPSA) is 78.7 Å². The molecule has 0 radical (unpaired) electrons. The van der Waals surface area contributed by atoms with Gasteiger partial charge in [0.2, 0.25) is 0 Å². The Morgan fingerprint density at radius 2 is 1.72 bits per heavy atom. The SMILES string of the molecule is CC1(C)COP(=O)(c2ccc([N+](=O)[O-])cc2)OC1. The van der Waals surface area contributed by atoms with Crippen LogP contribution in [0.4, 0.5) is 5.69 Å². The van der Waals surface area contributed by atoms with Crippen molar-refractivity contribution in [1.29, 1.82) is 0 Å². The number of benzene rings is 1. The summed E-state index contributed by atoms with van der Waals surface area (Å²) in [6, 6.07) is 5.41. The molecule has 1 saturated heterocycles. The van der Waals surface area contributed by atoms with Crippen LogP contribution in [0.1, 0.15) is 13.8 Å². The summed E-state index contributed by atoms with van der Waals surface area (Å²) < 4.78 is 23.1. The number of non-ortho nitro benzene ring substituents is 1. The molecule has 1 aromatic carbocycles. The first-order valence-electron chi connectivity index (χ1n) is 5.47. The van der Waals surface area contributed by atoms with Gasteiger partial charge in [-0.2, -0.15) is 0 Å². The van der Waals surface area contributed by atoms with Crippen molar-refractivity contribution in [3.63, 3.8) is 0 Å². The summed E-state index contributed by atoms with van der Waals surface area (Å²) >= 11 is 0. The van der Waals surface area contributed by atoms with Crippen molar-refractivity contribution in [2.45, 2.75) is 13.8 Å². The highest BCUT2D eigenvalue weighted by Crippen LogP contribution is 2.52. The van der Waals surface area contributed by atoms with E-state index in [2.05, 4.69) is 0 Å². The predicted molar refractivity (Wildman–Crippen MR) is 66.0 cm³/mol. The first-order valence-corrected chi connectivity index (χ1v) is 7.01. The van der Waals surface area contributed by atoms with Crippen LogP contribution in [0.2, 0.25) is 0 Å². The second-order valence-electron chi connectivity index (χ2n) is 4.98. The van der Waals surface area contributed by atoms with Crippen LogP contribution in [0.25, 0.3) is 0 Å². The van der Waals surface area contributed by atoms with Crippen LogP contribution in [-0.2, 0) is 13.6 Å². The summed E-state index contributed by atoms with van der Waals surface area (Å²) in [6.07, 6.45) is 0.